The van der Waals surface area contributed by atoms with Crippen LogP contribution in [0, 0.1) is 0 Å². The molecular formula is C36H22N2OS. The summed E-state index contributed by atoms with van der Waals surface area (Å²) in [5, 5.41) is 13.8. The topological polar surface area (TPSA) is 38.9 Å². The third-order valence-corrected chi connectivity index (χ3v) is 8.72. The van der Waals surface area contributed by atoms with Crippen molar-refractivity contribution in [2.24, 2.45) is 0 Å². The molecule has 0 saturated carbocycles. The lowest BCUT2D eigenvalue weighted by Gasteiger charge is -2.07. The smallest absolute Gasteiger partial charge is 0.248 e. The second-order valence-corrected chi connectivity index (χ2v) is 10.9. The van der Waals surface area contributed by atoms with Crippen LogP contribution in [0.2, 0.25) is 0 Å². The van der Waals surface area contributed by atoms with E-state index in [1.807, 2.05) is 23.5 Å². The molecule has 40 heavy (non-hydrogen) atoms. The maximum absolute atomic E-state index is 6.11. The van der Waals surface area contributed by atoms with Gasteiger partial charge in [0.1, 0.15) is 0 Å². The zero-order chi connectivity index (χ0) is 26.5. The summed E-state index contributed by atoms with van der Waals surface area (Å²) in [6, 6.07) is 46.7. The van der Waals surface area contributed by atoms with Crippen LogP contribution in [0.3, 0.4) is 0 Å². The highest BCUT2D eigenvalue weighted by Crippen LogP contribution is 2.40. The van der Waals surface area contributed by atoms with Gasteiger partial charge in [-0.3, -0.25) is 0 Å². The SMILES string of the molecule is c1ccc2c(-c3ccc(-c4nnc(-c5ccc(-c6cccc7c6sc6ccccc67)cc5)o4)cc3)cccc2c1. The maximum Gasteiger partial charge on any atom is 0.248 e. The van der Waals surface area contributed by atoms with E-state index in [0.29, 0.717) is 11.8 Å². The van der Waals surface area contributed by atoms with Crippen LogP contribution in [0.5, 0.6) is 0 Å². The molecule has 0 saturated heterocycles. The van der Waals surface area contributed by atoms with Gasteiger partial charge in [-0.2, -0.15) is 0 Å². The van der Waals surface area contributed by atoms with Crippen molar-refractivity contribution in [3.63, 3.8) is 0 Å². The molecule has 0 amide bonds. The summed E-state index contributed by atoms with van der Waals surface area (Å²) in [6.45, 7) is 0. The number of rotatable bonds is 4. The molecule has 188 valence electrons. The summed E-state index contributed by atoms with van der Waals surface area (Å²) in [7, 11) is 0. The normalized spacial score (nSPS) is 11.5. The van der Waals surface area contributed by atoms with Gasteiger partial charge in [0, 0.05) is 31.3 Å². The van der Waals surface area contributed by atoms with Crippen LogP contribution in [0.1, 0.15) is 0 Å². The van der Waals surface area contributed by atoms with E-state index in [2.05, 4.69) is 132 Å². The van der Waals surface area contributed by atoms with Crippen molar-refractivity contribution < 1.29 is 4.42 Å². The van der Waals surface area contributed by atoms with E-state index in [1.54, 1.807) is 0 Å². The standard InChI is InChI=1S/C36H22N2OS/c1-2-9-28-23(7-1)8-5-11-29(28)24-15-19-26(20-16-24)35-37-38-36(39-35)27-21-17-25(18-22-27)30-12-6-13-32-31-10-3-4-14-33(31)40-34(30)32/h1-22H. The molecular weight excluding hydrogens is 508 g/mol. The number of fused-ring (bicyclic) bond motifs is 4. The Kier molecular flexibility index (Phi) is 5.32. The highest BCUT2D eigenvalue weighted by Gasteiger charge is 2.13. The molecule has 0 fully saturated rings. The van der Waals surface area contributed by atoms with E-state index in [-0.39, 0.29) is 0 Å². The van der Waals surface area contributed by atoms with E-state index in [0.717, 1.165) is 16.7 Å². The quantitative estimate of drug-likeness (QED) is 0.227. The number of benzene rings is 6. The van der Waals surface area contributed by atoms with Gasteiger partial charge in [0.2, 0.25) is 11.8 Å². The van der Waals surface area contributed by atoms with E-state index in [9.17, 15) is 0 Å². The molecule has 0 radical (unpaired) electrons. The predicted octanol–water partition coefficient (Wildman–Crippen LogP) is 10.3. The van der Waals surface area contributed by atoms with Crippen LogP contribution in [0.15, 0.2) is 138 Å². The Morgan fingerprint density at radius 3 is 1.70 bits per heavy atom. The fourth-order valence-electron chi connectivity index (χ4n) is 5.49. The Balaban J connectivity index is 1.08. The van der Waals surface area contributed by atoms with Crippen LogP contribution in [0.4, 0.5) is 0 Å². The lowest BCUT2D eigenvalue weighted by Crippen LogP contribution is -1.83. The number of nitrogens with zero attached hydrogens (tertiary/aromatic N) is 2. The molecule has 0 unspecified atom stereocenters. The molecule has 4 heteroatoms. The monoisotopic (exact) mass is 530 g/mol. The molecule has 0 aliphatic carbocycles. The molecule has 0 spiro atoms. The van der Waals surface area contributed by atoms with Crippen molar-refractivity contribution in [1.82, 2.24) is 10.2 Å². The number of hydrogen-bond acceptors (Lipinski definition) is 4. The fraction of sp³-hybridized carbons (Fsp3) is 0. The van der Waals surface area contributed by atoms with Gasteiger partial charge >= 0.3 is 0 Å². The molecule has 8 rings (SSSR count). The van der Waals surface area contributed by atoms with Gasteiger partial charge in [-0.15, -0.1) is 21.5 Å². The minimum Gasteiger partial charge on any atom is -0.416 e. The molecule has 0 bridgehead atoms. The number of thiophene rings is 1. The van der Waals surface area contributed by atoms with Crippen LogP contribution >= 0.6 is 11.3 Å². The van der Waals surface area contributed by atoms with Crippen molar-refractivity contribution in [3.05, 3.63) is 133 Å². The maximum atomic E-state index is 6.11. The van der Waals surface area contributed by atoms with Gasteiger partial charge in [0.15, 0.2) is 0 Å². The molecule has 0 aliphatic heterocycles. The summed E-state index contributed by atoms with van der Waals surface area (Å²) in [5.41, 5.74) is 6.58. The fourth-order valence-corrected chi connectivity index (χ4v) is 6.73. The molecule has 0 atom stereocenters. The molecule has 6 aromatic carbocycles. The van der Waals surface area contributed by atoms with E-state index in [1.165, 1.54) is 47.6 Å². The first-order valence-electron chi connectivity index (χ1n) is 13.2. The van der Waals surface area contributed by atoms with Gasteiger partial charge in [0.25, 0.3) is 0 Å². The van der Waals surface area contributed by atoms with Crippen molar-refractivity contribution in [2.75, 3.05) is 0 Å². The minimum absolute atomic E-state index is 0.513. The Morgan fingerprint density at radius 2 is 0.950 bits per heavy atom. The first-order chi connectivity index (χ1) is 19.8. The van der Waals surface area contributed by atoms with Crippen LogP contribution in [-0.4, -0.2) is 10.2 Å². The second kappa shape index (κ2) is 9.30. The Hall–Kier alpha value is -5.06. The summed E-state index contributed by atoms with van der Waals surface area (Å²) < 4.78 is 8.73. The summed E-state index contributed by atoms with van der Waals surface area (Å²) in [6.07, 6.45) is 0. The second-order valence-electron chi connectivity index (χ2n) is 9.87. The first-order valence-corrected chi connectivity index (χ1v) is 14.1. The first kappa shape index (κ1) is 22.9. The van der Waals surface area contributed by atoms with E-state index < -0.39 is 0 Å². The van der Waals surface area contributed by atoms with Gasteiger partial charge in [-0.25, -0.2) is 0 Å². The van der Waals surface area contributed by atoms with Crippen molar-refractivity contribution in [3.8, 4) is 45.2 Å². The summed E-state index contributed by atoms with van der Waals surface area (Å²) in [5.74, 6) is 1.03. The van der Waals surface area contributed by atoms with Gasteiger partial charge < -0.3 is 4.42 Å². The van der Waals surface area contributed by atoms with Gasteiger partial charge in [-0.05, 0) is 63.4 Å². The van der Waals surface area contributed by atoms with Gasteiger partial charge in [-0.1, -0.05) is 103 Å². The summed E-state index contributed by atoms with van der Waals surface area (Å²) >= 11 is 1.84. The van der Waals surface area contributed by atoms with Crippen LogP contribution < -0.4 is 0 Å². The summed E-state index contributed by atoms with van der Waals surface area (Å²) in [4.78, 5) is 0. The zero-order valence-electron chi connectivity index (χ0n) is 21.4. The number of hydrogen-bond donors (Lipinski definition) is 0. The van der Waals surface area contributed by atoms with Crippen molar-refractivity contribution >= 4 is 42.3 Å². The zero-order valence-corrected chi connectivity index (χ0v) is 22.2. The van der Waals surface area contributed by atoms with Crippen LogP contribution in [-0.2, 0) is 0 Å². The van der Waals surface area contributed by atoms with Crippen molar-refractivity contribution in [2.45, 2.75) is 0 Å². The lowest BCUT2D eigenvalue weighted by molar-refractivity contribution is 0.584. The number of aromatic nitrogens is 2. The molecule has 8 aromatic rings. The molecule has 0 N–H and O–H groups in total. The highest BCUT2D eigenvalue weighted by atomic mass is 32.1. The Morgan fingerprint density at radius 1 is 0.425 bits per heavy atom. The largest absolute Gasteiger partial charge is 0.416 e. The predicted molar refractivity (Wildman–Crippen MR) is 166 cm³/mol. The Bertz CT molecular complexity index is 2150. The third kappa shape index (κ3) is 3.81. The van der Waals surface area contributed by atoms with Crippen molar-refractivity contribution in [1.29, 1.82) is 0 Å². The minimum atomic E-state index is 0.513. The van der Waals surface area contributed by atoms with E-state index in [4.69, 9.17) is 4.42 Å². The molecule has 0 aliphatic rings. The average molecular weight is 531 g/mol. The lowest BCUT2D eigenvalue weighted by atomic mass is 9.97. The molecule has 3 nitrogen and oxygen atoms in total. The third-order valence-electron chi connectivity index (χ3n) is 7.50. The average Bonchev–Trinajstić information content (AvgIpc) is 3.67. The molecule has 2 aromatic heterocycles. The Labute approximate surface area is 235 Å². The van der Waals surface area contributed by atoms with E-state index >= 15 is 0 Å². The van der Waals surface area contributed by atoms with Crippen LogP contribution in [0.25, 0.3) is 76.1 Å². The highest BCUT2D eigenvalue weighted by molar-refractivity contribution is 7.26. The molecule has 2 heterocycles. The van der Waals surface area contributed by atoms with Gasteiger partial charge in [0.05, 0.1) is 0 Å².